The monoisotopic (exact) mass is 571 g/mol. The lowest BCUT2D eigenvalue weighted by Gasteiger charge is -2.13. The molecule has 0 amide bonds. The van der Waals surface area contributed by atoms with Crippen molar-refractivity contribution in [3.05, 3.63) is 84.4 Å². The van der Waals surface area contributed by atoms with Gasteiger partial charge in [-0.05, 0) is 29.3 Å². The number of aliphatic carboxylic acids is 1. The summed E-state index contributed by atoms with van der Waals surface area (Å²) >= 11 is 0. The second-order valence-corrected chi connectivity index (χ2v) is 10.1. The average Bonchev–Trinajstić information content (AvgIpc) is 2.93. The first-order chi connectivity index (χ1) is 19.1. The van der Waals surface area contributed by atoms with Gasteiger partial charge in [-0.1, -0.05) is 60.7 Å². The predicted octanol–water partition coefficient (Wildman–Crippen LogP) is 4.13. The van der Waals surface area contributed by atoms with E-state index in [9.17, 15) is 23.8 Å². The molecule has 0 aliphatic carbocycles. The van der Waals surface area contributed by atoms with Crippen LogP contribution in [0.15, 0.2) is 78.9 Å². The molecule has 0 spiro atoms. The summed E-state index contributed by atoms with van der Waals surface area (Å²) < 4.78 is 31.8. The molecule has 0 aliphatic heterocycles. The van der Waals surface area contributed by atoms with Crippen LogP contribution in [0.4, 0.5) is 0 Å². The van der Waals surface area contributed by atoms with Crippen molar-refractivity contribution in [1.82, 2.24) is 0 Å². The summed E-state index contributed by atoms with van der Waals surface area (Å²) in [4.78, 5) is 44.7. The van der Waals surface area contributed by atoms with E-state index in [2.05, 4.69) is 9.05 Å². The van der Waals surface area contributed by atoms with Crippen LogP contribution in [-0.2, 0) is 39.2 Å². The number of ketones is 1. The van der Waals surface area contributed by atoms with Gasteiger partial charge in [0.05, 0.1) is 19.8 Å². The quantitative estimate of drug-likeness (QED) is 0.0977. The number of esters is 1. The second-order valence-electron chi connectivity index (χ2n) is 8.61. The van der Waals surface area contributed by atoms with Crippen LogP contribution in [0.3, 0.4) is 0 Å². The van der Waals surface area contributed by atoms with Crippen LogP contribution in [0.2, 0.25) is 0 Å². The van der Waals surface area contributed by atoms with E-state index in [-0.39, 0.29) is 31.8 Å². The Labute approximate surface area is 231 Å². The molecule has 0 aromatic heterocycles. The number of rotatable bonds is 16. The molecule has 0 saturated heterocycles. The maximum Gasteiger partial charge on any atom is 0.472 e. The van der Waals surface area contributed by atoms with Crippen LogP contribution >= 0.6 is 7.82 Å². The van der Waals surface area contributed by atoms with Gasteiger partial charge in [-0.15, -0.1) is 0 Å². The van der Waals surface area contributed by atoms with Gasteiger partial charge in [-0.2, -0.15) is 0 Å². The Hall–Kier alpha value is -3.86. The number of ether oxygens (including phenoxy) is 2. The van der Waals surface area contributed by atoms with Crippen LogP contribution in [-0.4, -0.2) is 53.6 Å². The molecule has 11 nitrogen and oxygen atoms in total. The predicted molar refractivity (Wildman–Crippen MR) is 145 cm³/mol. The topological polar surface area (TPSA) is 172 Å². The van der Waals surface area contributed by atoms with E-state index in [0.29, 0.717) is 17.1 Å². The van der Waals surface area contributed by atoms with Crippen molar-refractivity contribution in [2.45, 2.75) is 25.3 Å². The number of hydrogen-bond acceptors (Lipinski definition) is 9. The van der Waals surface area contributed by atoms with Crippen molar-refractivity contribution in [3.8, 4) is 22.6 Å². The molecule has 0 radical (unpaired) electrons. The number of carbonyl (C=O) groups is 3. The molecule has 1 unspecified atom stereocenters. The fourth-order valence-electron chi connectivity index (χ4n) is 3.42. The standard InChI is InChI=1S/C28H30NO10P/c29-25(28(32)33)19-38-40(34,35)37-16-6-15-36-27(31)18-23(30)17-22-9-4-5-10-26(22)39-24-13-11-21(12-14-24)20-7-2-1-3-8-20/h1-5,7-14,25H,6,15-19,29H2,(H,32,33)(H,34,35)/t25-/m0/s1. The van der Waals surface area contributed by atoms with Gasteiger partial charge in [-0.3, -0.25) is 23.4 Å². The van der Waals surface area contributed by atoms with E-state index in [1.165, 1.54) is 0 Å². The summed E-state index contributed by atoms with van der Waals surface area (Å²) in [6, 6.07) is 23.1. The van der Waals surface area contributed by atoms with Crippen LogP contribution < -0.4 is 10.5 Å². The van der Waals surface area contributed by atoms with E-state index < -0.39 is 38.8 Å². The van der Waals surface area contributed by atoms with Crippen LogP contribution in [0, 0.1) is 0 Å². The van der Waals surface area contributed by atoms with Gasteiger partial charge in [0.25, 0.3) is 0 Å². The number of carboxylic acids is 1. The molecule has 212 valence electrons. The van der Waals surface area contributed by atoms with Crippen molar-refractivity contribution in [2.75, 3.05) is 19.8 Å². The number of phosphoric acid groups is 1. The van der Waals surface area contributed by atoms with Crippen molar-refractivity contribution in [2.24, 2.45) is 5.73 Å². The zero-order valence-electron chi connectivity index (χ0n) is 21.5. The molecule has 40 heavy (non-hydrogen) atoms. The Balaban J connectivity index is 1.41. The van der Waals surface area contributed by atoms with Crippen LogP contribution in [0.5, 0.6) is 11.5 Å². The molecule has 0 saturated carbocycles. The van der Waals surface area contributed by atoms with Crippen molar-refractivity contribution >= 4 is 25.5 Å². The summed E-state index contributed by atoms with van der Waals surface area (Å²) in [6.45, 7) is -1.19. The molecule has 2 atom stereocenters. The van der Waals surface area contributed by atoms with Crippen LogP contribution in [0.25, 0.3) is 11.1 Å². The minimum absolute atomic E-state index is 0.0402. The first-order valence-electron chi connectivity index (χ1n) is 12.3. The van der Waals surface area contributed by atoms with Gasteiger partial charge in [0, 0.05) is 18.4 Å². The number of nitrogens with two attached hydrogens (primary N) is 1. The summed E-state index contributed by atoms with van der Waals surface area (Å²) in [5.74, 6) is -1.43. The first kappa shape index (κ1) is 30.7. The largest absolute Gasteiger partial charge is 0.480 e. The van der Waals surface area contributed by atoms with Crippen LogP contribution in [0.1, 0.15) is 18.4 Å². The zero-order valence-corrected chi connectivity index (χ0v) is 22.4. The summed E-state index contributed by atoms with van der Waals surface area (Å²) in [5, 5.41) is 8.64. The molecule has 12 heteroatoms. The highest BCUT2D eigenvalue weighted by Gasteiger charge is 2.24. The Morgan fingerprint density at radius 3 is 2.20 bits per heavy atom. The fourth-order valence-corrected chi connectivity index (χ4v) is 4.20. The lowest BCUT2D eigenvalue weighted by Crippen LogP contribution is -2.34. The highest BCUT2D eigenvalue weighted by molar-refractivity contribution is 7.47. The van der Waals surface area contributed by atoms with E-state index in [4.69, 9.17) is 20.3 Å². The number of carbonyl (C=O) groups excluding carboxylic acids is 2. The number of hydrogen-bond donors (Lipinski definition) is 3. The second kappa shape index (κ2) is 15.1. The van der Waals surface area contributed by atoms with Gasteiger partial charge in [0.15, 0.2) is 0 Å². The van der Waals surface area contributed by atoms with E-state index >= 15 is 0 Å². The SMILES string of the molecule is N[C@@H](COP(=O)(O)OCCCOC(=O)CC(=O)Cc1ccccc1Oc1ccc(-c2ccccc2)cc1)C(=O)O. The molecule has 3 aromatic rings. The lowest BCUT2D eigenvalue weighted by molar-refractivity contribution is -0.146. The minimum atomic E-state index is -4.51. The number of carboxylic acid groups (broad SMARTS) is 1. The number of para-hydroxylation sites is 1. The zero-order chi connectivity index (χ0) is 29.0. The Kier molecular flexibility index (Phi) is 11.6. The van der Waals surface area contributed by atoms with Gasteiger partial charge in [0.2, 0.25) is 0 Å². The molecule has 0 fully saturated rings. The Morgan fingerprint density at radius 2 is 1.50 bits per heavy atom. The summed E-state index contributed by atoms with van der Waals surface area (Å²) in [5.41, 5.74) is 7.92. The van der Waals surface area contributed by atoms with Crippen molar-refractivity contribution < 1.29 is 47.5 Å². The fraction of sp³-hybridized carbons (Fsp3) is 0.250. The molecule has 3 rings (SSSR count). The van der Waals surface area contributed by atoms with Crippen molar-refractivity contribution in [3.63, 3.8) is 0 Å². The van der Waals surface area contributed by atoms with E-state index in [0.717, 1.165) is 11.1 Å². The maximum atomic E-state index is 12.5. The third kappa shape index (κ3) is 10.4. The maximum absolute atomic E-state index is 12.5. The van der Waals surface area contributed by atoms with Gasteiger partial charge < -0.3 is 25.2 Å². The molecule has 3 aromatic carbocycles. The Morgan fingerprint density at radius 1 is 0.850 bits per heavy atom. The molecular formula is C28H30NO10P. The highest BCUT2D eigenvalue weighted by atomic mass is 31.2. The van der Waals surface area contributed by atoms with E-state index in [1.54, 1.807) is 24.3 Å². The molecule has 0 bridgehead atoms. The summed E-state index contributed by atoms with van der Waals surface area (Å²) in [7, 11) is -4.51. The highest BCUT2D eigenvalue weighted by Crippen LogP contribution is 2.43. The smallest absolute Gasteiger partial charge is 0.472 e. The molecule has 0 heterocycles. The van der Waals surface area contributed by atoms with Gasteiger partial charge in [0.1, 0.15) is 29.7 Å². The number of benzene rings is 3. The molecular weight excluding hydrogens is 541 g/mol. The molecule has 4 N–H and O–H groups in total. The number of Topliss-reactive ketones (excluding diaryl/α,β-unsaturated/α-hetero) is 1. The normalized spacial score (nSPS) is 13.2. The van der Waals surface area contributed by atoms with E-state index in [1.807, 2.05) is 54.6 Å². The minimum Gasteiger partial charge on any atom is -0.480 e. The average molecular weight is 572 g/mol. The molecule has 0 aliphatic rings. The Bertz CT molecular complexity index is 1330. The third-order valence-corrected chi connectivity index (χ3v) is 6.42. The van der Waals surface area contributed by atoms with Gasteiger partial charge >= 0.3 is 19.8 Å². The van der Waals surface area contributed by atoms with Gasteiger partial charge in [-0.25, -0.2) is 4.57 Å². The lowest BCUT2D eigenvalue weighted by atomic mass is 10.1. The third-order valence-electron chi connectivity index (χ3n) is 5.43. The first-order valence-corrected chi connectivity index (χ1v) is 13.8. The summed E-state index contributed by atoms with van der Waals surface area (Å²) in [6.07, 6.45) is -0.464. The number of phosphoric ester groups is 1. The van der Waals surface area contributed by atoms with Crippen molar-refractivity contribution in [1.29, 1.82) is 0 Å².